The fraction of sp³-hybridized carbons (Fsp3) is 0.226. The molecule has 6 aromatic heterocycles. The molecular weight excluding hydrogens is 913 g/mol. The lowest BCUT2D eigenvalue weighted by atomic mass is 10.1. The van der Waals surface area contributed by atoms with Crippen LogP contribution in [0.15, 0.2) is 127 Å². The zero-order valence-electron chi connectivity index (χ0n) is 39.2. The quantitative estimate of drug-likeness (QED) is 0.0867. The zero-order chi connectivity index (χ0) is 49.6. The van der Waals surface area contributed by atoms with Gasteiger partial charge in [-0.05, 0) is 74.2 Å². The summed E-state index contributed by atoms with van der Waals surface area (Å²) in [5, 5.41) is 5.62. The Morgan fingerprint density at radius 3 is 1.94 bits per heavy atom. The van der Waals surface area contributed by atoms with Gasteiger partial charge in [0.25, 0.3) is 17.7 Å². The van der Waals surface area contributed by atoms with Crippen LogP contribution in [0.25, 0.3) is 33.5 Å². The highest BCUT2D eigenvalue weighted by atomic mass is 16.5. The van der Waals surface area contributed by atoms with E-state index in [0.29, 0.717) is 94.3 Å². The van der Waals surface area contributed by atoms with E-state index in [1.165, 1.54) is 0 Å². The van der Waals surface area contributed by atoms with Gasteiger partial charge in [-0.3, -0.25) is 28.0 Å². The Balaban J connectivity index is 0.952. The van der Waals surface area contributed by atoms with Gasteiger partial charge in [0.05, 0.1) is 25.7 Å². The van der Waals surface area contributed by atoms with Crippen LogP contribution in [0.3, 0.4) is 0 Å². The zero-order valence-corrected chi connectivity index (χ0v) is 39.2. The molecule has 2 unspecified atom stereocenters. The Morgan fingerprint density at radius 1 is 0.708 bits per heavy atom. The summed E-state index contributed by atoms with van der Waals surface area (Å²) in [5.41, 5.74) is 11.0. The van der Waals surface area contributed by atoms with Gasteiger partial charge in [0.1, 0.15) is 57.6 Å². The van der Waals surface area contributed by atoms with Gasteiger partial charge in [-0.2, -0.15) is 0 Å². The summed E-state index contributed by atoms with van der Waals surface area (Å²) < 4.78 is 9.65. The third kappa shape index (κ3) is 9.58. The lowest BCUT2D eigenvalue weighted by Gasteiger charge is -2.33. The summed E-state index contributed by atoms with van der Waals surface area (Å²) >= 11 is 0. The summed E-state index contributed by atoms with van der Waals surface area (Å²) in [6.07, 6.45) is 14.8. The first-order valence-electron chi connectivity index (χ1n) is 23.5. The van der Waals surface area contributed by atoms with E-state index in [0.717, 1.165) is 24.8 Å². The maximum absolute atomic E-state index is 14.5. The van der Waals surface area contributed by atoms with Crippen LogP contribution < -0.4 is 16.4 Å². The van der Waals surface area contributed by atoms with E-state index in [-0.39, 0.29) is 42.5 Å². The van der Waals surface area contributed by atoms with Crippen molar-refractivity contribution in [2.75, 3.05) is 42.7 Å². The topological polar surface area (TPSA) is 233 Å². The van der Waals surface area contributed by atoms with E-state index in [1.807, 2.05) is 25.8 Å². The minimum Gasteiger partial charge on any atom is -0.382 e. The summed E-state index contributed by atoms with van der Waals surface area (Å²) in [6.45, 7) is 2.97. The van der Waals surface area contributed by atoms with Crippen LogP contribution in [0.5, 0.6) is 0 Å². The van der Waals surface area contributed by atoms with Crippen molar-refractivity contribution in [1.82, 2.24) is 48.5 Å². The second kappa shape index (κ2) is 20.8. The van der Waals surface area contributed by atoms with E-state index < -0.39 is 12.1 Å². The van der Waals surface area contributed by atoms with Crippen LogP contribution in [0.4, 0.5) is 23.3 Å². The number of aliphatic imine (C=N–C) groups is 1. The normalized spacial score (nSPS) is 16.0. The average Bonchev–Trinajstić information content (AvgIpc) is 3.91. The molecule has 0 radical (unpaired) electrons. The minimum atomic E-state index is -0.591. The predicted molar refractivity (Wildman–Crippen MR) is 270 cm³/mol. The van der Waals surface area contributed by atoms with Gasteiger partial charge in [0.2, 0.25) is 5.91 Å². The number of hydrogen-bond donors (Lipinski definition) is 3. The van der Waals surface area contributed by atoms with Crippen molar-refractivity contribution in [1.29, 1.82) is 0 Å². The largest absolute Gasteiger partial charge is 0.382 e. The Kier molecular flexibility index (Phi) is 13.5. The molecule has 8 aromatic rings. The first-order chi connectivity index (χ1) is 35.2. The Bertz CT molecular complexity index is 3400. The summed E-state index contributed by atoms with van der Waals surface area (Å²) in [5.74, 6) is 6.83. The second-order valence-electron chi connectivity index (χ2n) is 17.1. The first-order valence-corrected chi connectivity index (χ1v) is 23.5. The van der Waals surface area contributed by atoms with Gasteiger partial charge in [-0.1, -0.05) is 55.2 Å². The number of rotatable bonds is 11. The first kappa shape index (κ1) is 46.6. The molecule has 0 aliphatic carbocycles. The lowest BCUT2D eigenvalue weighted by Crippen LogP contribution is -2.43. The Labute approximate surface area is 413 Å². The molecule has 2 saturated heterocycles. The number of imidazole rings is 2. The number of ether oxygens (including phenoxy) is 1. The Hall–Kier alpha value is -9.15. The van der Waals surface area contributed by atoms with Gasteiger partial charge in [0.15, 0.2) is 5.82 Å². The SMILES string of the molecule is CC#CC(=O)N1CCOCC1c1nc(-c2ccc(C(=O)Nc3ccccn3)cc2)c2c(N=CCC(=O)N3CCCCCC3c3nc(-c4ccc(C(=O)Nc5ccccn5)cc4)c4c(N)nccn34)nccn12. The second-order valence-corrected chi connectivity index (χ2v) is 17.1. The van der Waals surface area contributed by atoms with E-state index >= 15 is 0 Å². The van der Waals surface area contributed by atoms with Crippen molar-refractivity contribution in [2.45, 2.75) is 51.1 Å². The molecule has 19 heteroatoms. The molecule has 0 bridgehead atoms. The van der Waals surface area contributed by atoms with Crippen molar-refractivity contribution in [2.24, 2.45) is 4.99 Å². The summed E-state index contributed by atoms with van der Waals surface area (Å²) in [7, 11) is 0. The average molecular weight is 961 g/mol. The lowest BCUT2D eigenvalue weighted by molar-refractivity contribution is -0.134. The van der Waals surface area contributed by atoms with Crippen LogP contribution in [0, 0.1) is 11.8 Å². The highest BCUT2D eigenvalue weighted by Crippen LogP contribution is 2.37. The number of carbonyl (C=O) groups excluding carboxylic acids is 4. The molecule has 2 aliphatic rings. The molecule has 0 spiro atoms. The van der Waals surface area contributed by atoms with Crippen molar-refractivity contribution in [3.8, 4) is 34.4 Å². The molecule has 10 rings (SSSR count). The molecule has 8 heterocycles. The standard InChI is InChI=1S/C53H48N14O5/c1-2-10-42(68)65-31-32-72-33-39(65)51-63-45(35-16-20-37(21-17-35)53(71)61-41-13-6-8-24-56-41)47-49(59-27-30-67(47)51)58-25-22-43(69)64-28-9-3-4-11-38(64)50-62-44(46-48(54)57-26-29-66(46)50)34-14-18-36(19-15-34)52(70)60-40-12-5-7-23-55-40/h5-8,12-21,23-27,29-30,38-39H,3-4,9,11,22,28,31-33H2,1H3,(H2,54,57)(H,55,60,70)(H,56,61,71). The van der Waals surface area contributed by atoms with Crippen LogP contribution >= 0.6 is 0 Å². The van der Waals surface area contributed by atoms with Crippen molar-refractivity contribution < 1.29 is 23.9 Å². The van der Waals surface area contributed by atoms with Gasteiger partial charge < -0.3 is 30.9 Å². The number of fused-ring (bicyclic) bond motifs is 2. The molecule has 4 N–H and O–H groups in total. The molecule has 2 fully saturated rings. The predicted octanol–water partition coefficient (Wildman–Crippen LogP) is 7.14. The highest BCUT2D eigenvalue weighted by molar-refractivity contribution is 6.05. The van der Waals surface area contributed by atoms with E-state index in [9.17, 15) is 19.2 Å². The summed E-state index contributed by atoms with van der Waals surface area (Å²) in [4.78, 5) is 90.2. The molecule has 360 valence electrons. The molecule has 2 atom stereocenters. The number of nitrogens with two attached hydrogens (primary N) is 1. The number of nitrogens with zero attached hydrogens (tertiary/aromatic N) is 11. The fourth-order valence-corrected chi connectivity index (χ4v) is 9.15. The number of hydrogen-bond acceptors (Lipinski definition) is 13. The van der Waals surface area contributed by atoms with Crippen molar-refractivity contribution >= 4 is 64.1 Å². The molecule has 4 amide bonds. The molecule has 2 aliphatic heterocycles. The maximum atomic E-state index is 14.5. The number of likely N-dealkylation sites (tertiary alicyclic amines) is 1. The van der Waals surface area contributed by atoms with Crippen LogP contribution in [-0.2, 0) is 14.3 Å². The molecule has 72 heavy (non-hydrogen) atoms. The molecule has 0 saturated carbocycles. The summed E-state index contributed by atoms with van der Waals surface area (Å²) in [6, 6.07) is 23.6. The number of morpholine rings is 1. The van der Waals surface area contributed by atoms with Gasteiger partial charge in [0, 0.05) is 78.7 Å². The molecular formula is C53H48N14O5. The number of amides is 4. The number of aromatic nitrogens is 8. The van der Waals surface area contributed by atoms with Crippen molar-refractivity contribution in [3.05, 3.63) is 145 Å². The Morgan fingerprint density at radius 2 is 1.32 bits per heavy atom. The van der Waals surface area contributed by atoms with Gasteiger partial charge in [-0.25, -0.2) is 34.9 Å². The number of pyridine rings is 2. The number of benzene rings is 2. The number of nitrogen functional groups attached to an aromatic ring is 1. The van der Waals surface area contributed by atoms with Gasteiger partial charge >= 0.3 is 0 Å². The fourth-order valence-electron chi connectivity index (χ4n) is 9.15. The van der Waals surface area contributed by atoms with Crippen LogP contribution in [0.2, 0.25) is 0 Å². The number of carbonyl (C=O) groups is 4. The van der Waals surface area contributed by atoms with Crippen LogP contribution in [0.1, 0.15) is 83.5 Å². The minimum absolute atomic E-state index is 0.0496. The van der Waals surface area contributed by atoms with Crippen LogP contribution in [-0.4, -0.2) is 105 Å². The third-order valence-electron chi connectivity index (χ3n) is 12.6. The van der Waals surface area contributed by atoms with E-state index in [4.69, 9.17) is 25.4 Å². The van der Waals surface area contributed by atoms with Gasteiger partial charge in [-0.15, -0.1) is 0 Å². The van der Waals surface area contributed by atoms with E-state index in [1.54, 1.807) is 128 Å². The number of nitrogens with one attached hydrogen (secondary N) is 2. The number of anilines is 3. The molecule has 2 aromatic carbocycles. The van der Waals surface area contributed by atoms with E-state index in [2.05, 4.69) is 42.4 Å². The smallest absolute Gasteiger partial charge is 0.299 e. The third-order valence-corrected chi connectivity index (χ3v) is 12.6. The monoisotopic (exact) mass is 960 g/mol. The maximum Gasteiger partial charge on any atom is 0.299 e. The highest BCUT2D eigenvalue weighted by Gasteiger charge is 2.34. The molecule has 19 nitrogen and oxygen atoms in total. The van der Waals surface area contributed by atoms with Crippen molar-refractivity contribution in [3.63, 3.8) is 0 Å².